The highest BCUT2D eigenvalue weighted by atomic mass is 16.3. The van der Waals surface area contributed by atoms with Crippen molar-refractivity contribution in [2.75, 3.05) is 13.6 Å². The van der Waals surface area contributed by atoms with E-state index in [9.17, 15) is 5.11 Å². The number of quaternary nitrogens is 1. The van der Waals surface area contributed by atoms with Crippen LogP contribution in [0.5, 0.6) is 0 Å². The highest BCUT2D eigenvalue weighted by molar-refractivity contribution is 4.72. The van der Waals surface area contributed by atoms with Gasteiger partial charge in [-0.25, -0.2) is 0 Å². The fraction of sp³-hybridized carbons (Fsp3) is 1.00. The third-order valence-corrected chi connectivity index (χ3v) is 3.01. The molecule has 1 aliphatic heterocycles. The standard InChI is InChI=1S/C8H17NO/c1-6-7(2)9(3)5-4-8(6)10/h6-8,10H,4-5H2,1-3H3/p+1/t6-,7+,8-/m0/s1. The lowest BCUT2D eigenvalue weighted by Gasteiger charge is -2.35. The van der Waals surface area contributed by atoms with E-state index < -0.39 is 0 Å². The van der Waals surface area contributed by atoms with Crippen LogP contribution in [0.3, 0.4) is 0 Å². The van der Waals surface area contributed by atoms with E-state index in [1.54, 1.807) is 4.90 Å². The van der Waals surface area contributed by atoms with Gasteiger partial charge in [0, 0.05) is 12.3 Å². The molecular weight excluding hydrogens is 126 g/mol. The molecule has 60 valence electrons. The molecule has 1 aliphatic rings. The largest absolute Gasteiger partial charge is 0.392 e. The minimum Gasteiger partial charge on any atom is -0.392 e. The van der Waals surface area contributed by atoms with Crippen LogP contribution < -0.4 is 4.90 Å². The molecule has 4 atom stereocenters. The van der Waals surface area contributed by atoms with Crippen LogP contribution >= 0.6 is 0 Å². The van der Waals surface area contributed by atoms with Crippen molar-refractivity contribution in [1.82, 2.24) is 0 Å². The lowest BCUT2D eigenvalue weighted by atomic mass is 9.90. The van der Waals surface area contributed by atoms with Crippen molar-refractivity contribution in [3.8, 4) is 0 Å². The highest BCUT2D eigenvalue weighted by Gasteiger charge is 2.31. The van der Waals surface area contributed by atoms with Crippen LogP contribution in [0, 0.1) is 5.92 Å². The summed E-state index contributed by atoms with van der Waals surface area (Å²) in [6.45, 7) is 5.47. The smallest absolute Gasteiger partial charge is 0.0894 e. The molecule has 1 heterocycles. The van der Waals surface area contributed by atoms with Crippen molar-refractivity contribution >= 4 is 0 Å². The molecule has 0 spiro atoms. The topological polar surface area (TPSA) is 24.7 Å². The average Bonchev–Trinajstić information content (AvgIpc) is 1.93. The zero-order valence-electron chi connectivity index (χ0n) is 7.09. The second-order valence-electron chi connectivity index (χ2n) is 3.60. The van der Waals surface area contributed by atoms with Crippen LogP contribution in [0.25, 0.3) is 0 Å². The van der Waals surface area contributed by atoms with Crippen LogP contribution in [0.2, 0.25) is 0 Å². The van der Waals surface area contributed by atoms with E-state index in [0.29, 0.717) is 12.0 Å². The molecule has 1 unspecified atom stereocenters. The van der Waals surface area contributed by atoms with Gasteiger partial charge in [0.05, 0.1) is 25.7 Å². The van der Waals surface area contributed by atoms with Gasteiger partial charge in [0.1, 0.15) is 0 Å². The number of rotatable bonds is 0. The van der Waals surface area contributed by atoms with Gasteiger partial charge in [-0.3, -0.25) is 0 Å². The van der Waals surface area contributed by atoms with E-state index in [4.69, 9.17) is 0 Å². The number of likely N-dealkylation sites (tertiary alicyclic amines) is 1. The summed E-state index contributed by atoms with van der Waals surface area (Å²) in [5.41, 5.74) is 0. The molecule has 1 rings (SSSR count). The quantitative estimate of drug-likeness (QED) is 0.461. The zero-order chi connectivity index (χ0) is 7.72. The summed E-state index contributed by atoms with van der Waals surface area (Å²) in [6.07, 6.45) is 0.913. The third-order valence-electron chi connectivity index (χ3n) is 3.01. The Balaban J connectivity index is 2.52. The van der Waals surface area contributed by atoms with Gasteiger partial charge >= 0.3 is 0 Å². The Labute approximate surface area is 62.8 Å². The van der Waals surface area contributed by atoms with E-state index in [1.807, 2.05) is 0 Å². The van der Waals surface area contributed by atoms with Crippen molar-refractivity contribution in [1.29, 1.82) is 0 Å². The molecule has 1 saturated heterocycles. The van der Waals surface area contributed by atoms with E-state index >= 15 is 0 Å². The summed E-state index contributed by atoms with van der Waals surface area (Å²) in [4.78, 5) is 1.55. The Morgan fingerprint density at radius 1 is 1.40 bits per heavy atom. The van der Waals surface area contributed by atoms with E-state index in [-0.39, 0.29) is 6.10 Å². The Bertz CT molecular complexity index is 102. The Hall–Kier alpha value is -0.0800. The van der Waals surface area contributed by atoms with E-state index in [2.05, 4.69) is 20.9 Å². The second-order valence-corrected chi connectivity index (χ2v) is 3.60. The number of nitrogens with one attached hydrogen (secondary N) is 1. The predicted molar refractivity (Wildman–Crippen MR) is 41.0 cm³/mol. The van der Waals surface area contributed by atoms with Crippen molar-refractivity contribution in [2.24, 2.45) is 5.92 Å². The van der Waals surface area contributed by atoms with Gasteiger partial charge in [-0.15, -0.1) is 0 Å². The number of piperidine rings is 1. The van der Waals surface area contributed by atoms with Crippen LogP contribution in [0.1, 0.15) is 20.3 Å². The molecule has 1 fully saturated rings. The Morgan fingerprint density at radius 2 is 2.00 bits per heavy atom. The molecule has 0 bridgehead atoms. The predicted octanol–water partition coefficient (Wildman–Crippen LogP) is -0.710. The molecule has 0 aromatic rings. The fourth-order valence-electron chi connectivity index (χ4n) is 1.65. The minimum absolute atomic E-state index is 0.0568. The van der Waals surface area contributed by atoms with E-state index in [1.165, 1.54) is 0 Å². The molecule has 0 saturated carbocycles. The van der Waals surface area contributed by atoms with Gasteiger partial charge in [0.2, 0.25) is 0 Å². The number of aliphatic hydroxyl groups excluding tert-OH is 1. The molecule has 2 nitrogen and oxygen atoms in total. The van der Waals surface area contributed by atoms with Gasteiger partial charge < -0.3 is 10.0 Å². The van der Waals surface area contributed by atoms with Gasteiger partial charge in [0.25, 0.3) is 0 Å². The third kappa shape index (κ3) is 1.32. The average molecular weight is 144 g/mol. The first-order chi connectivity index (χ1) is 4.63. The van der Waals surface area contributed by atoms with Crippen LogP contribution in [0.15, 0.2) is 0 Å². The minimum atomic E-state index is -0.0568. The molecule has 0 amide bonds. The first-order valence-electron chi connectivity index (χ1n) is 4.13. The maximum atomic E-state index is 9.45. The number of hydrogen-bond donors (Lipinski definition) is 2. The Morgan fingerprint density at radius 3 is 2.50 bits per heavy atom. The highest BCUT2D eigenvalue weighted by Crippen LogP contribution is 2.12. The second kappa shape index (κ2) is 2.89. The molecule has 2 heteroatoms. The SMILES string of the molecule is C[C@H]1[C@@H](C)[NH+](C)CC[C@@H]1O. The lowest BCUT2D eigenvalue weighted by Crippen LogP contribution is -3.14. The van der Waals surface area contributed by atoms with Crippen molar-refractivity contribution in [3.05, 3.63) is 0 Å². The monoisotopic (exact) mass is 144 g/mol. The summed E-state index contributed by atoms with van der Waals surface area (Å²) < 4.78 is 0. The van der Waals surface area contributed by atoms with Crippen LogP contribution in [-0.2, 0) is 0 Å². The van der Waals surface area contributed by atoms with E-state index in [0.717, 1.165) is 13.0 Å². The van der Waals surface area contributed by atoms with Crippen molar-refractivity contribution in [2.45, 2.75) is 32.4 Å². The zero-order valence-corrected chi connectivity index (χ0v) is 7.09. The maximum absolute atomic E-state index is 9.45. The Kier molecular flexibility index (Phi) is 2.32. The summed E-state index contributed by atoms with van der Waals surface area (Å²) in [5, 5.41) is 9.45. The molecule has 0 aromatic heterocycles. The first-order valence-corrected chi connectivity index (χ1v) is 4.13. The van der Waals surface area contributed by atoms with Crippen LogP contribution in [-0.4, -0.2) is 30.8 Å². The van der Waals surface area contributed by atoms with Gasteiger partial charge in [-0.2, -0.15) is 0 Å². The van der Waals surface area contributed by atoms with Crippen molar-refractivity contribution < 1.29 is 10.0 Å². The van der Waals surface area contributed by atoms with Gasteiger partial charge in [-0.05, 0) is 6.92 Å². The molecule has 0 aliphatic carbocycles. The van der Waals surface area contributed by atoms with Gasteiger partial charge in [-0.1, -0.05) is 6.92 Å². The lowest BCUT2D eigenvalue weighted by molar-refractivity contribution is -0.914. The first kappa shape index (κ1) is 8.02. The summed E-state index contributed by atoms with van der Waals surface area (Å²) in [7, 11) is 2.20. The maximum Gasteiger partial charge on any atom is 0.0894 e. The summed E-state index contributed by atoms with van der Waals surface area (Å²) >= 11 is 0. The summed E-state index contributed by atoms with van der Waals surface area (Å²) in [6, 6.07) is 0.615. The van der Waals surface area contributed by atoms with Crippen LogP contribution in [0.4, 0.5) is 0 Å². The van der Waals surface area contributed by atoms with Gasteiger partial charge in [0.15, 0.2) is 0 Å². The van der Waals surface area contributed by atoms with Crippen molar-refractivity contribution in [3.63, 3.8) is 0 Å². The molecule has 2 N–H and O–H groups in total. The normalized spacial score (nSPS) is 49.2. The molecule has 10 heavy (non-hydrogen) atoms. The number of hydrogen-bond acceptors (Lipinski definition) is 1. The molecule has 0 radical (unpaired) electrons. The number of aliphatic hydroxyl groups is 1. The molecule has 0 aromatic carbocycles. The molecular formula is C8H18NO+. The fourth-order valence-corrected chi connectivity index (χ4v) is 1.65. The summed E-state index contributed by atoms with van der Waals surface area (Å²) in [5.74, 6) is 0.466.